The largest absolute Gasteiger partial charge is 0.374 e. The van der Waals surface area contributed by atoms with Crippen molar-refractivity contribution in [3.63, 3.8) is 0 Å². The number of allylic oxidation sites excluding steroid dienone is 1. The highest BCUT2D eigenvalue weighted by Gasteiger charge is 2.03. The molecule has 0 aliphatic rings. The van der Waals surface area contributed by atoms with Crippen LogP contribution in [0.2, 0.25) is 0 Å². The van der Waals surface area contributed by atoms with E-state index in [1.807, 2.05) is 0 Å². The average molecular weight is 152 g/mol. The average Bonchev–Trinajstić information content (AvgIpc) is 2.36. The molecule has 0 aromatic carbocycles. The van der Waals surface area contributed by atoms with Crippen LogP contribution in [0.25, 0.3) is 0 Å². The van der Waals surface area contributed by atoms with E-state index < -0.39 is 6.23 Å². The van der Waals surface area contributed by atoms with Crippen molar-refractivity contribution in [2.75, 3.05) is 0 Å². The summed E-state index contributed by atoms with van der Waals surface area (Å²) in [6.45, 7) is 5.30. The number of aromatic nitrogens is 2. The minimum atomic E-state index is -0.507. The van der Waals surface area contributed by atoms with Crippen molar-refractivity contribution in [3.05, 3.63) is 30.9 Å². The van der Waals surface area contributed by atoms with Crippen LogP contribution in [0.3, 0.4) is 0 Å². The van der Waals surface area contributed by atoms with Crippen LogP contribution in [0.4, 0.5) is 0 Å². The highest BCUT2D eigenvalue weighted by atomic mass is 16.3. The van der Waals surface area contributed by atoms with Crippen LogP contribution in [0.15, 0.2) is 25.0 Å². The van der Waals surface area contributed by atoms with Crippen molar-refractivity contribution < 1.29 is 5.11 Å². The zero-order chi connectivity index (χ0) is 8.27. The first-order valence-corrected chi connectivity index (χ1v) is 3.56. The molecule has 0 fully saturated rings. The molecule has 0 saturated carbocycles. The SMILES string of the molecule is C=CCc1nccn1C(C)O. The maximum absolute atomic E-state index is 9.21. The van der Waals surface area contributed by atoms with Gasteiger partial charge in [-0.15, -0.1) is 6.58 Å². The number of imidazole rings is 1. The summed E-state index contributed by atoms with van der Waals surface area (Å²) in [7, 11) is 0. The lowest BCUT2D eigenvalue weighted by Crippen LogP contribution is -2.06. The molecule has 1 atom stereocenters. The van der Waals surface area contributed by atoms with Crippen LogP contribution in [0.1, 0.15) is 19.0 Å². The van der Waals surface area contributed by atoms with Gasteiger partial charge in [0.2, 0.25) is 0 Å². The number of hydrogen-bond acceptors (Lipinski definition) is 2. The quantitative estimate of drug-likeness (QED) is 0.659. The lowest BCUT2D eigenvalue weighted by Gasteiger charge is -2.08. The molecule has 1 aromatic rings. The predicted molar refractivity (Wildman–Crippen MR) is 43.1 cm³/mol. The Kier molecular flexibility index (Phi) is 2.44. The van der Waals surface area contributed by atoms with E-state index in [9.17, 15) is 5.11 Å². The topological polar surface area (TPSA) is 38.0 Å². The summed E-state index contributed by atoms with van der Waals surface area (Å²) < 4.78 is 1.71. The van der Waals surface area contributed by atoms with E-state index in [1.165, 1.54) is 0 Å². The highest BCUT2D eigenvalue weighted by Crippen LogP contribution is 2.05. The molecule has 1 aromatic heterocycles. The van der Waals surface area contributed by atoms with Gasteiger partial charge in [-0.25, -0.2) is 4.98 Å². The molecular formula is C8H12N2O. The maximum atomic E-state index is 9.21. The Bertz CT molecular complexity index is 240. The van der Waals surface area contributed by atoms with E-state index >= 15 is 0 Å². The molecule has 60 valence electrons. The van der Waals surface area contributed by atoms with Crippen molar-refractivity contribution in [2.45, 2.75) is 19.6 Å². The summed E-state index contributed by atoms with van der Waals surface area (Å²) in [4.78, 5) is 4.06. The van der Waals surface area contributed by atoms with Gasteiger partial charge in [0.25, 0.3) is 0 Å². The van der Waals surface area contributed by atoms with E-state index in [4.69, 9.17) is 0 Å². The van der Waals surface area contributed by atoms with E-state index in [0.717, 1.165) is 5.82 Å². The third-order valence-electron chi connectivity index (χ3n) is 1.48. The smallest absolute Gasteiger partial charge is 0.129 e. The Hall–Kier alpha value is -1.09. The number of nitrogens with zero attached hydrogens (tertiary/aromatic N) is 2. The van der Waals surface area contributed by atoms with Gasteiger partial charge in [-0.2, -0.15) is 0 Å². The summed E-state index contributed by atoms with van der Waals surface area (Å²) in [6, 6.07) is 0. The van der Waals surface area contributed by atoms with Crippen LogP contribution in [-0.2, 0) is 6.42 Å². The van der Waals surface area contributed by atoms with Crippen molar-refractivity contribution >= 4 is 0 Å². The first-order valence-electron chi connectivity index (χ1n) is 3.56. The molecule has 1 unspecified atom stereocenters. The van der Waals surface area contributed by atoms with E-state index in [-0.39, 0.29) is 0 Å². The minimum Gasteiger partial charge on any atom is -0.374 e. The Morgan fingerprint density at radius 1 is 1.91 bits per heavy atom. The van der Waals surface area contributed by atoms with E-state index in [0.29, 0.717) is 6.42 Å². The highest BCUT2D eigenvalue weighted by molar-refractivity contribution is 4.97. The first kappa shape index (κ1) is 8.01. The predicted octanol–water partition coefficient (Wildman–Crippen LogP) is 1.12. The van der Waals surface area contributed by atoms with Gasteiger partial charge in [-0.3, -0.25) is 0 Å². The van der Waals surface area contributed by atoms with Crippen LogP contribution < -0.4 is 0 Å². The molecule has 0 spiro atoms. The lowest BCUT2D eigenvalue weighted by atomic mass is 10.4. The van der Waals surface area contributed by atoms with E-state index in [2.05, 4.69) is 11.6 Å². The zero-order valence-corrected chi connectivity index (χ0v) is 6.57. The molecule has 0 saturated heterocycles. The minimum absolute atomic E-state index is 0.507. The lowest BCUT2D eigenvalue weighted by molar-refractivity contribution is 0.121. The summed E-state index contributed by atoms with van der Waals surface area (Å²) >= 11 is 0. The summed E-state index contributed by atoms with van der Waals surface area (Å²) in [6.07, 6.45) is 5.38. The molecular weight excluding hydrogens is 140 g/mol. The molecule has 0 aliphatic carbocycles. The van der Waals surface area contributed by atoms with Crippen LogP contribution >= 0.6 is 0 Å². The Labute approximate surface area is 66.0 Å². The number of aliphatic hydroxyl groups excluding tert-OH is 1. The number of aliphatic hydroxyl groups is 1. The second-order valence-electron chi connectivity index (χ2n) is 2.38. The normalized spacial score (nSPS) is 12.9. The Balaban J connectivity index is 2.86. The van der Waals surface area contributed by atoms with Gasteiger partial charge in [-0.05, 0) is 6.92 Å². The van der Waals surface area contributed by atoms with Crippen molar-refractivity contribution in [1.82, 2.24) is 9.55 Å². The van der Waals surface area contributed by atoms with Gasteiger partial charge >= 0.3 is 0 Å². The summed E-state index contributed by atoms with van der Waals surface area (Å²) in [5.74, 6) is 0.843. The molecule has 0 bridgehead atoms. The van der Waals surface area contributed by atoms with Crippen LogP contribution in [0.5, 0.6) is 0 Å². The van der Waals surface area contributed by atoms with E-state index in [1.54, 1.807) is 30.0 Å². The first-order chi connectivity index (χ1) is 5.25. The third kappa shape index (κ3) is 1.68. The van der Waals surface area contributed by atoms with Gasteiger partial charge in [0.15, 0.2) is 0 Å². The number of hydrogen-bond donors (Lipinski definition) is 1. The van der Waals surface area contributed by atoms with Gasteiger partial charge in [0.1, 0.15) is 12.1 Å². The second kappa shape index (κ2) is 3.34. The fraction of sp³-hybridized carbons (Fsp3) is 0.375. The Morgan fingerprint density at radius 2 is 2.64 bits per heavy atom. The van der Waals surface area contributed by atoms with Crippen molar-refractivity contribution in [2.24, 2.45) is 0 Å². The maximum Gasteiger partial charge on any atom is 0.129 e. The van der Waals surface area contributed by atoms with Gasteiger partial charge < -0.3 is 9.67 Å². The van der Waals surface area contributed by atoms with Crippen LogP contribution in [0, 0.1) is 0 Å². The molecule has 1 heterocycles. The third-order valence-corrected chi connectivity index (χ3v) is 1.48. The molecule has 0 radical (unpaired) electrons. The van der Waals surface area contributed by atoms with Gasteiger partial charge in [0, 0.05) is 18.8 Å². The Morgan fingerprint density at radius 3 is 3.18 bits per heavy atom. The summed E-state index contributed by atoms with van der Waals surface area (Å²) in [5.41, 5.74) is 0. The second-order valence-corrected chi connectivity index (χ2v) is 2.38. The molecule has 1 N–H and O–H groups in total. The molecule has 1 rings (SSSR count). The fourth-order valence-electron chi connectivity index (χ4n) is 0.971. The molecule has 0 amide bonds. The van der Waals surface area contributed by atoms with Crippen molar-refractivity contribution in [1.29, 1.82) is 0 Å². The van der Waals surface area contributed by atoms with Crippen LogP contribution in [-0.4, -0.2) is 14.7 Å². The van der Waals surface area contributed by atoms with Gasteiger partial charge in [0.05, 0.1) is 0 Å². The van der Waals surface area contributed by atoms with Crippen molar-refractivity contribution in [3.8, 4) is 0 Å². The number of rotatable bonds is 3. The molecule has 0 aliphatic heterocycles. The zero-order valence-electron chi connectivity index (χ0n) is 6.57. The van der Waals surface area contributed by atoms with Gasteiger partial charge in [-0.1, -0.05) is 6.08 Å². The summed E-state index contributed by atoms with van der Waals surface area (Å²) in [5, 5.41) is 9.21. The fourth-order valence-corrected chi connectivity index (χ4v) is 0.971. The molecule has 3 heteroatoms. The standard InChI is InChI=1S/C8H12N2O/c1-3-4-8-9-5-6-10(8)7(2)11/h3,5-7,11H,1,4H2,2H3. The monoisotopic (exact) mass is 152 g/mol. The molecule has 3 nitrogen and oxygen atoms in total. The molecule has 11 heavy (non-hydrogen) atoms.